The van der Waals surface area contributed by atoms with Gasteiger partial charge in [-0.1, -0.05) is 0 Å². The number of hydrogen-bond donors (Lipinski definition) is 0. The molecule has 0 unspecified atom stereocenters. The van der Waals surface area contributed by atoms with Gasteiger partial charge >= 0.3 is 5.97 Å². The van der Waals surface area contributed by atoms with E-state index in [1.54, 1.807) is 13.0 Å². The van der Waals surface area contributed by atoms with Gasteiger partial charge in [0.05, 0.1) is 12.2 Å². The lowest BCUT2D eigenvalue weighted by molar-refractivity contribution is -0.137. The van der Waals surface area contributed by atoms with Gasteiger partial charge in [0.15, 0.2) is 0 Å². The third-order valence-corrected chi connectivity index (χ3v) is 1.81. The Morgan fingerprint density at radius 2 is 2.19 bits per heavy atom. The summed E-state index contributed by atoms with van der Waals surface area (Å²) in [6.07, 6.45) is 0. The van der Waals surface area contributed by atoms with E-state index in [-0.39, 0.29) is 17.7 Å². The maximum atomic E-state index is 13.1. The van der Waals surface area contributed by atoms with Crippen molar-refractivity contribution in [3.05, 3.63) is 35.1 Å². The lowest BCUT2D eigenvalue weighted by Crippen LogP contribution is -2.17. The van der Waals surface area contributed by atoms with Gasteiger partial charge in [0.1, 0.15) is 11.9 Å². The highest BCUT2D eigenvalue weighted by molar-refractivity contribution is 6.40. The van der Waals surface area contributed by atoms with Gasteiger partial charge < -0.3 is 4.74 Å². The zero-order valence-corrected chi connectivity index (χ0v) is 8.49. The largest absolute Gasteiger partial charge is 0.460 e. The highest BCUT2D eigenvalue weighted by Gasteiger charge is 2.18. The van der Waals surface area contributed by atoms with Crippen LogP contribution in [0.4, 0.5) is 4.39 Å². The molecule has 0 aliphatic heterocycles. The van der Waals surface area contributed by atoms with E-state index in [0.717, 1.165) is 12.1 Å². The number of carbonyl (C=O) groups excluding carboxylic acids is 2. The van der Waals surface area contributed by atoms with Gasteiger partial charge in [0, 0.05) is 5.56 Å². The topological polar surface area (TPSA) is 67.2 Å². The van der Waals surface area contributed by atoms with Gasteiger partial charge in [0.2, 0.25) is 0 Å². The second-order valence-corrected chi connectivity index (χ2v) is 2.86. The minimum Gasteiger partial charge on any atom is -0.460 e. The molecule has 1 rings (SSSR count). The van der Waals surface area contributed by atoms with Crippen LogP contribution in [-0.4, -0.2) is 18.4 Å². The van der Waals surface area contributed by atoms with Crippen molar-refractivity contribution in [1.29, 1.82) is 5.26 Å². The molecule has 0 aliphatic carbocycles. The van der Waals surface area contributed by atoms with Crippen molar-refractivity contribution >= 4 is 11.8 Å². The summed E-state index contributed by atoms with van der Waals surface area (Å²) in [5.41, 5.74) is -0.310. The number of nitrogens with zero attached hydrogens (tertiary/aromatic N) is 1. The molecule has 0 saturated heterocycles. The molecule has 5 heteroatoms. The van der Waals surface area contributed by atoms with E-state index in [4.69, 9.17) is 5.26 Å². The van der Waals surface area contributed by atoms with Gasteiger partial charge in [-0.25, -0.2) is 9.18 Å². The van der Waals surface area contributed by atoms with Crippen LogP contribution in [0.15, 0.2) is 18.2 Å². The lowest BCUT2D eigenvalue weighted by atomic mass is 10.1. The van der Waals surface area contributed by atoms with Gasteiger partial charge in [-0.15, -0.1) is 0 Å². The third-order valence-electron chi connectivity index (χ3n) is 1.81. The van der Waals surface area contributed by atoms with Crippen molar-refractivity contribution in [3.8, 4) is 6.07 Å². The molecule has 0 bridgehead atoms. The molecule has 0 fully saturated rings. The van der Waals surface area contributed by atoms with Crippen LogP contribution in [0.25, 0.3) is 0 Å². The average molecular weight is 221 g/mol. The van der Waals surface area contributed by atoms with Crippen molar-refractivity contribution < 1.29 is 18.7 Å². The molecule has 82 valence electrons. The smallest absolute Gasteiger partial charge is 0.379 e. The van der Waals surface area contributed by atoms with E-state index in [1.165, 1.54) is 6.07 Å². The number of ether oxygens (including phenoxy) is 1. The third kappa shape index (κ3) is 2.42. The standard InChI is InChI=1S/C11H8FNO3/c1-2-16-11(15)10(14)7-3-4-8(6-13)9(12)5-7/h3-5H,2H2,1H3. The maximum absolute atomic E-state index is 13.1. The normalized spacial score (nSPS) is 9.31. The quantitative estimate of drug-likeness (QED) is 0.440. The Morgan fingerprint density at radius 1 is 1.50 bits per heavy atom. The number of ketones is 1. The average Bonchev–Trinajstić information content (AvgIpc) is 2.28. The number of carbonyl (C=O) groups is 2. The molecular weight excluding hydrogens is 213 g/mol. The number of benzene rings is 1. The SMILES string of the molecule is CCOC(=O)C(=O)c1ccc(C#N)c(F)c1. The Labute approximate surface area is 91.3 Å². The number of esters is 1. The van der Waals surface area contributed by atoms with E-state index in [9.17, 15) is 14.0 Å². The van der Waals surface area contributed by atoms with Crippen molar-refractivity contribution in [1.82, 2.24) is 0 Å². The summed E-state index contributed by atoms with van der Waals surface area (Å²) in [5, 5.41) is 8.47. The van der Waals surface area contributed by atoms with Crippen LogP contribution in [0.2, 0.25) is 0 Å². The predicted octanol–water partition coefficient (Wildman–Crippen LogP) is 1.44. The summed E-state index contributed by atoms with van der Waals surface area (Å²) >= 11 is 0. The molecule has 0 aliphatic rings. The van der Waals surface area contributed by atoms with E-state index >= 15 is 0 Å². The van der Waals surface area contributed by atoms with Gasteiger partial charge in [0.25, 0.3) is 5.78 Å². The van der Waals surface area contributed by atoms with Crippen LogP contribution in [0.5, 0.6) is 0 Å². The predicted molar refractivity (Wildman–Crippen MR) is 52.1 cm³/mol. The second kappa shape index (κ2) is 5.03. The Kier molecular flexibility index (Phi) is 3.72. The number of rotatable bonds is 3. The first kappa shape index (κ1) is 11.9. The van der Waals surface area contributed by atoms with Crippen LogP contribution in [-0.2, 0) is 9.53 Å². The molecule has 1 aromatic rings. The molecule has 0 spiro atoms. The molecule has 0 aromatic heterocycles. The number of hydrogen-bond acceptors (Lipinski definition) is 4. The summed E-state index contributed by atoms with van der Waals surface area (Å²) in [6.45, 7) is 1.63. The monoisotopic (exact) mass is 221 g/mol. The Morgan fingerprint density at radius 3 is 2.69 bits per heavy atom. The minimum absolute atomic E-state index is 0.0728. The van der Waals surface area contributed by atoms with Gasteiger partial charge in [-0.05, 0) is 25.1 Å². The summed E-state index contributed by atoms with van der Waals surface area (Å²) < 4.78 is 17.6. The van der Waals surface area contributed by atoms with Crippen molar-refractivity contribution in [2.24, 2.45) is 0 Å². The number of halogens is 1. The van der Waals surface area contributed by atoms with Crippen LogP contribution >= 0.6 is 0 Å². The zero-order chi connectivity index (χ0) is 12.1. The molecule has 0 heterocycles. The molecule has 0 N–H and O–H groups in total. The summed E-state index contributed by atoms with van der Waals surface area (Å²) in [5.74, 6) is -2.80. The van der Waals surface area contributed by atoms with Gasteiger partial charge in [-0.3, -0.25) is 4.79 Å². The molecule has 1 aromatic carbocycles. The lowest BCUT2D eigenvalue weighted by Gasteiger charge is -2.01. The van der Waals surface area contributed by atoms with E-state index in [1.807, 2.05) is 0 Å². The Bertz CT molecular complexity index is 477. The van der Waals surface area contributed by atoms with Crippen LogP contribution < -0.4 is 0 Å². The Hall–Kier alpha value is -2.22. The van der Waals surface area contributed by atoms with Crippen molar-refractivity contribution in [2.45, 2.75) is 6.92 Å². The van der Waals surface area contributed by atoms with Crippen LogP contribution in [0, 0.1) is 17.1 Å². The molecule has 0 saturated carbocycles. The molecule has 0 atom stereocenters. The molecule has 0 radical (unpaired) electrons. The maximum Gasteiger partial charge on any atom is 0.379 e. The fraction of sp³-hybridized carbons (Fsp3) is 0.182. The molecular formula is C11H8FNO3. The molecule has 4 nitrogen and oxygen atoms in total. The summed E-state index contributed by atoms with van der Waals surface area (Å²) in [7, 11) is 0. The van der Waals surface area contributed by atoms with Crippen LogP contribution in [0.1, 0.15) is 22.8 Å². The van der Waals surface area contributed by atoms with Crippen molar-refractivity contribution in [3.63, 3.8) is 0 Å². The first-order chi connectivity index (χ1) is 7.60. The first-order valence-corrected chi connectivity index (χ1v) is 4.51. The fourth-order valence-electron chi connectivity index (χ4n) is 1.06. The summed E-state index contributed by atoms with van der Waals surface area (Å²) in [4.78, 5) is 22.4. The van der Waals surface area contributed by atoms with E-state index in [2.05, 4.69) is 4.74 Å². The van der Waals surface area contributed by atoms with Crippen molar-refractivity contribution in [2.75, 3.05) is 6.61 Å². The summed E-state index contributed by atoms with van der Waals surface area (Å²) in [6, 6.07) is 4.81. The highest BCUT2D eigenvalue weighted by Crippen LogP contribution is 2.10. The first-order valence-electron chi connectivity index (χ1n) is 4.51. The van der Waals surface area contributed by atoms with E-state index in [0.29, 0.717) is 0 Å². The zero-order valence-electron chi connectivity index (χ0n) is 8.49. The fourth-order valence-corrected chi connectivity index (χ4v) is 1.06. The molecule has 0 amide bonds. The molecule has 16 heavy (non-hydrogen) atoms. The van der Waals surface area contributed by atoms with E-state index < -0.39 is 17.6 Å². The Balaban J connectivity index is 2.99. The minimum atomic E-state index is -1.04. The van der Waals surface area contributed by atoms with Crippen LogP contribution in [0.3, 0.4) is 0 Å². The number of nitriles is 1. The number of Topliss-reactive ketones (excluding diaryl/α,β-unsaturated/α-hetero) is 1. The second-order valence-electron chi connectivity index (χ2n) is 2.86. The highest BCUT2D eigenvalue weighted by atomic mass is 19.1. The van der Waals surface area contributed by atoms with Gasteiger partial charge in [-0.2, -0.15) is 5.26 Å².